The van der Waals surface area contributed by atoms with Crippen LogP contribution in [0.25, 0.3) is 0 Å². The van der Waals surface area contributed by atoms with Gasteiger partial charge in [-0.15, -0.1) is 0 Å². The molecule has 0 spiro atoms. The first-order valence-corrected chi connectivity index (χ1v) is 8.34. The lowest BCUT2D eigenvalue weighted by Crippen LogP contribution is -2.54. The standard InChI is InChI=1S/C12H19Br2N3O3/c1-8-6-20-7-10(8)5-16-9(2)3-4-15-11(16)12(13,14)17(18)19/h8-10H,3-7H2,1-2H3. The largest absolute Gasteiger partial charge is 0.382 e. The summed E-state index contributed by atoms with van der Waals surface area (Å²) in [5, 5.41) is 11.3. The highest BCUT2D eigenvalue weighted by Crippen LogP contribution is 2.34. The Kier molecular flexibility index (Phi) is 5.07. The molecule has 0 bridgehead atoms. The maximum absolute atomic E-state index is 11.3. The molecule has 20 heavy (non-hydrogen) atoms. The second-order valence-electron chi connectivity index (χ2n) is 5.57. The van der Waals surface area contributed by atoms with E-state index in [4.69, 9.17) is 4.74 Å². The fourth-order valence-corrected chi connectivity index (χ4v) is 3.33. The smallest absolute Gasteiger partial charge is 0.381 e. The Morgan fingerprint density at radius 1 is 1.50 bits per heavy atom. The van der Waals surface area contributed by atoms with Crippen molar-refractivity contribution in [2.24, 2.45) is 16.8 Å². The van der Waals surface area contributed by atoms with Crippen molar-refractivity contribution in [1.29, 1.82) is 0 Å². The average Bonchev–Trinajstić information content (AvgIpc) is 2.77. The van der Waals surface area contributed by atoms with Crippen molar-refractivity contribution < 1.29 is 9.66 Å². The lowest BCUT2D eigenvalue weighted by atomic mass is 9.96. The predicted molar refractivity (Wildman–Crippen MR) is 84.1 cm³/mol. The molecule has 0 N–H and O–H groups in total. The van der Waals surface area contributed by atoms with Gasteiger partial charge < -0.3 is 9.64 Å². The Labute approximate surface area is 135 Å². The maximum Gasteiger partial charge on any atom is 0.382 e. The van der Waals surface area contributed by atoms with E-state index in [0.717, 1.165) is 19.6 Å². The monoisotopic (exact) mass is 411 g/mol. The van der Waals surface area contributed by atoms with Crippen LogP contribution in [0.1, 0.15) is 20.3 Å². The van der Waals surface area contributed by atoms with Crippen molar-refractivity contribution in [2.75, 3.05) is 26.3 Å². The normalized spacial score (nSPS) is 31.3. The van der Waals surface area contributed by atoms with E-state index in [0.29, 0.717) is 30.8 Å². The molecule has 0 aromatic heterocycles. The molecule has 8 heteroatoms. The van der Waals surface area contributed by atoms with Crippen LogP contribution in [-0.2, 0) is 4.74 Å². The molecule has 0 aromatic rings. The zero-order valence-electron chi connectivity index (χ0n) is 11.6. The van der Waals surface area contributed by atoms with E-state index in [2.05, 4.69) is 50.7 Å². The number of rotatable bonds is 4. The van der Waals surface area contributed by atoms with Gasteiger partial charge in [0.25, 0.3) is 0 Å². The minimum absolute atomic E-state index is 0.240. The minimum Gasteiger partial charge on any atom is -0.381 e. The number of halogens is 2. The first kappa shape index (κ1) is 16.2. The number of alkyl halides is 2. The van der Waals surface area contributed by atoms with Crippen LogP contribution in [0, 0.1) is 22.0 Å². The quantitative estimate of drug-likeness (QED) is 0.308. The number of nitrogens with zero attached hydrogens (tertiary/aromatic N) is 3. The third-order valence-electron chi connectivity index (χ3n) is 4.06. The number of hydrogen-bond donors (Lipinski definition) is 0. The summed E-state index contributed by atoms with van der Waals surface area (Å²) in [5.74, 6) is 1.32. The first-order valence-electron chi connectivity index (χ1n) is 6.75. The Morgan fingerprint density at radius 2 is 2.20 bits per heavy atom. The minimum atomic E-state index is -1.50. The van der Waals surface area contributed by atoms with Crippen molar-refractivity contribution in [2.45, 2.75) is 29.7 Å². The number of nitro groups is 1. The van der Waals surface area contributed by atoms with Gasteiger partial charge in [0.2, 0.25) is 5.84 Å². The molecule has 3 unspecified atom stereocenters. The van der Waals surface area contributed by atoms with Gasteiger partial charge in [-0.05, 0) is 19.3 Å². The van der Waals surface area contributed by atoms with E-state index >= 15 is 0 Å². The first-order chi connectivity index (χ1) is 9.34. The average molecular weight is 413 g/mol. The summed E-state index contributed by atoms with van der Waals surface area (Å²) in [7, 11) is 0. The van der Waals surface area contributed by atoms with Crippen LogP contribution < -0.4 is 0 Å². The Hall–Kier alpha value is -0.210. The summed E-state index contributed by atoms with van der Waals surface area (Å²) < 4.78 is 3.99. The van der Waals surface area contributed by atoms with E-state index in [-0.39, 0.29) is 6.04 Å². The van der Waals surface area contributed by atoms with Gasteiger partial charge in [-0.25, -0.2) is 0 Å². The molecule has 2 rings (SSSR count). The van der Waals surface area contributed by atoms with Gasteiger partial charge in [-0.3, -0.25) is 15.1 Å². The molecule has 2 heterocycles. The molecular weight excluding hydrogens is 394 g/mol. The second-order valence-corrected chi connectivity index (χ2v) is 8.93. The van der Waals surface area contributed by atoms with Gasteiger partial charge in [0.1, 0.15) is 0 Å². The molecule has 0 radical (unpaired) electrons. The molecule has 0 saturated carbocycles. The lowest BCUT2D eigenvalue weighted by molar-refractivity contribution is -0.487. The molecule has 114 valence electrons. The van der Waals surface area contributed by atoms with Crippen LogP contribution in [0.4, 0.5) is 0 Å². The molecule has 2 aliphatic rings. The molecule has 0 aromatic carbocycles. The highest BCUT2D eigenvalue weighted by Gasteiger charge is 2.48. The number of aliphatic imine (C=N–C) groups is 1. The van der Waals surface area contributed by atoms with Crippen LogP contribution in [-0.4, -0.2) is 51.4 Å². The number of ether oxygens (including phenoxy) is 1. The fraction of sp³-hybridized carbons (Fsp3) is 0.917. The SMILES string of the molecule is CC1COCC1CN1C(C(Br)(Br)[N+](=O)[O-])=NCCC1C. The molecule has 1 saturated heterocycles. The zero-order valence-corrected chi connectivity index (χ0v) is 14.8. The van der Waals surface area contributed by atoms with Gasteiger partial charge >= 0.3 is 3.36 Å². The van der Waals surface area contributed by atoms with Gasteiger partial charge in [-0.1, -0.05) is 6.92 Å². The predicted octanol–water partition coefficient (Wildman–Crippen LogP) is 2.48. The summed E-state index contributed by atoms with van der Waals surface area (Å²) in [5.41, 5.74) is 0. The third-order valence-corrected chi connectivity index (χ3v) is 5.35. The van der Waals surface area contributed by atoms with Crippen LogP contribution >= 0.6 is 31.9 Å². The molecule has 3 atom stereocenters. The van der Waals surface area contributed by atoms with Crippen LogP contribution in [0.15, 0.2) is 4.99 Å². The Bertz CT molecular complexity index is 417. The van der Waals surface area contributed by atoms with Crippen LogP contribution in [0.3, 0.4) is 0 Å². The maximum atomic E-state index is 11.3. The van der Waals surface area contributed by atoms with Crippen molar-refractivity contribution in [3.8, 4) is 0 Å². The second kappa shape index (κ2) is 6.27. The van der Waals surface area contributed by atoms with Gasteiger partial charge in [0, 0.05) is 63.5 Å². The highest BCUT2D eigenvalue weighted by molar-refractivity contribution is 9.25. The van der Waals surface area contributed by atoms with E-state index in [9.17, 15) is 10.1 Å². The lowest BCUT2D eigenvalue weighted by Gasteiger charge is -2.38. The summed E-state index contributed by atoms with van der Waals surface area (Å²) in [6, 6.07) is 0.240. The zero-order chi connectivity index (χ0) is 14.9. The van der Waals surface area contributed by atoms with E-state index < -0.39 is 8.28 Å². The molecule has 0 amide bonds. The van der Waals surface area contributed by atoms with E-state index in [1.807, 2.05) is 4.90 Å². The van der Waals surface area contributed by atoms with Crippen molar-refractivity contribution in [1.82, 2.24) is 4.90 Å². The molecule has 0 aliphatic carbocycles. The molecule has 6 nitrogen and oxygen atoms in total. The summed E-state index contributed by atoms with van der Waals surface area (Å²) in [6.07, 6.45) is 0.916. The van der Waals surface area contributed by atoms with Crippen molar-refractivity contribution >= 4 is 37.7 Å². The van der Waals surface area contributed by atoms with Gasteiger partial charge in [0.05, 0.1) is 11.5 Å². The van der Waals surface area contributed by atoms with Crippen LogP contribution in [0.5, 0.6) is 0 Å². The molecule has 1 fully saturated rings. The Balaban J connectivity index is 2.20. The summed E-state index contributed by atoms with van der Waals surface area (Å²) in [4.78, 5) is 17.3. The summed E-state index contributed by atoms with van der Waals surface area (Å²) in [6.45, 7) is 7.10. The molecule has 2 aliphatic heterocycles. The number of hydrogen-bond acceptors (Lipinski definition) is 5. The van der Waals surface area contributed by atoms with Gasteiger partial charge in [-0.2, -0.15) is 0 Å². The van der Waals surface area contributed by atoms with Crippen LogP contribution in [0.2, 0.25) is 0 Å². The van der Waals surface area contributed by atoms with Crippen molar-refractivity contribution in [3.63, 3.8) is 0 Å². The van der Waals surface area contributed by atoms with Gasteiger partial charge in [0.15, 0.2) is 0 Å². The third kappa shape index (κ3) is 3.17. The highest BCUT2D eigenvalue weighted by atomic mass is 79.9. The van der Waals surface area contributed by atoms with Crippen molar-refractivity contribution in [3.05, 3.63) is 10.1 Å². The topological polar surface area (TPSA) is 68.0 Å². The number of amidine groups is 1. The van der Waals surface area contributed by atoms with E-state index in [1.165, 1.54) is 0 Å². The Morgan fingerprint density at radius 3 is 2.75 bits per heavy atom. The summed E-state index contributed by atoms with van der Waals surface area (Å²) >= 11 is 6.31. The fourth-order valence-electron chi connectivity index (χ4n) is 2.62. The van der Waals surface area contributed by atoms with E-state index in [1.54, 1.807) is 0 Å². The molecular formula is C12H19Br2N3O3.